The number of methoxy groups -OCH3 is 2. The summed E-state index contributed by atoms with van der Waals surface area (Å²) in [6, 6.07) is 12.1. The molecule has 154 valence electrons. The molecule has 0 fully saturated rings. The zero-order chi connectivity index (χ0) is 21.4. The number of benzene rings is 2. The number of nitrogens with zero attached hydrogens (tertiary/aromatic N) is 1. The van der Waals surface area contributed by atoms with Crippen molar-refractivity contribution in [1.29, 1.82) is 0 Å². The molecule has 2 aromatic carbocycles. The van der Waals surface area contributed by atoms with Gasteiger partial charge in [0.1, 0.15) is 11.3 Å². The summed E-state index contributed by atoms with van der Waals surface area (Å²) in [5, 5.41) is 22.4. The maximum Gasteiger partial charge on any atom is 0.339 e. The highest BCUT2D eigenvalue weighted by molar-refractivity contribution is 6.04. The highest BCUT2D eigenvalue weighted by Crippen LogP contribution is 2.43. The van der Waals surface area contributed by atoms with Gasteiger partial charge >= 0.3 is 5.97 Å². The number of anilines is 1. The van der Waals surface area contributed by atoms with Gasteiger partial charge in [0.2, 0.25) is 5.91 Å². The van der Waals surface area contributed by atoms with Crippen molar-refractivity contribution in [2.75, 3.05) is 19.5 Å². The highest BCUT2D eigenvalue weighted by atomic mass is 16.5. The van der Waals surface area contributed by atoms with Crippen LogP contribution in [0.3, 0.4) is 0 Å². The highest BCUT2D eigenvalue weighted by Gasteiger charge is 2.34. The molecule has 0 unspecified atom stereocenters. The molecule has 1 atom stereocenters. The van der Waals surface area contributed by atoms with Gasteiger partial charge in [-0.15, -0.1) is 0 Å². The van der Waals surface area contributed by atoms with Gasteiger partial charge in [-0.25, -0.2) is 4.79 Å². The molecule has 8 nitrogen and oxygen atoms in total. The molecule has 1 aliphatic heterocycles. The zero-order valence-corrected chi connectivity index (χ0v) is 16.4. The molecule has 30 heavy (non-hydrogen) atoms. The second kappa shape index (κ2) is 7.47. The van der Waals surface area contributed by atoms with Crippen LogP contribution in [0, 0.1) is 0 Å². The predicted octanol–water partition coefficient (Wildman–Crippen LogP) is 3.37. The summed E-state index contributed by atoms with van der Waals surface area (Å²) in [6.45, 7) is 0. The van der Waals surface area contributed by atoms with E-state index in [0.717, 1.165) is 11.3 Å². The molecule has 1 aromatic heterocycles. The van der Waals surface area contributed by atoms with Crippen LogP contribution in [0.1, 0.15) is 34.0 Å². The second-order valence-corrected chi connectivity index (χ2v) is 6.91. The summed E-state index contributed by atoms with van der Waals surface area (Å²) in [4.78, 5) is 24.3. The van der Waals surface area contributed by atoms with E-state index in [1.54, 1.807) is 35.9 Å². The summed E-state index contributed by atoms with van der Waals surface area (Å²) < 4.78 is 12.2. The van der Waals surface area contributed by atoms with Crippen LogP contribution < -0.4 is 14.8 Å². The predicted molar refractivity (Wildman–Crippen MR) is 109 cm³/mol. The van der Waals surface area contributed by atoms with E-state index in [0.29, 0.717) is 11.4 Å². The number of carbonyl (C=O) groups is 2. The Morgan fingerprint density at radius 3 is 2.50 bits per heavy atom. The number of hydrogen-bond acceptors (Lipinski definition) is 5. The van der Waals surface area contributed by atoms with E-state index in [9.17, 15) is 19.8 Å². The number of fused-ring (bicyclic) bond motifs is 1. The number of rotatable bonds is 5. The number of carboxylic acid groups (broad SMARTS) is 1. The number of carboxylic acids is 1. The quantitative estimate of drug-likeness (QED) is 0.597. The van der Waals surface area contributed by atoms with Crippen molar-refractivity contribution in [3.8, 4) is 22.9 Å². The minimum atomic E-state index is -1.14. The number of aromatic hydroxyl groups is 1. The van der Waals surface area contributed by atoms with Crippen molar-refractivity contribution in [3.63, 3.8) is 0 Å². The lowest BCUT2D eigenvalue weighted by molar-refractivity contribution is -0.116. The first-order valence-electron chi connectivity index (χ1n) is 9.22. The van der Waals surface area contributed by atoms with Crippen molar-refractivity contribution in [3.05, 3.63) is 65.5 Å². The molecule has 3 aromatic rings. The number of phenols is 1. The third kappa shape index (κ3) is 3.22. The smallest absolute Gasteiger partial charge is 0.339 e. The second-order valence-electron chi connectivity index (χ2n) is 6.91. The number of aromatic carboxylic acids is 1. The molecule has 0 aliphatic carbocycles. The number of nitrogens with one attached hydrogen (secondary N) is 1. The molecule has 8 heteroatoms. The van der Waals surface area contributed by atoms with E-state index >= 15 is 0 Å². The monoisotopic (exact) mass is 408 g/mol. The number of hydrogen-bond donors (Lipinski definition) is 3. The van der Waals surface area contributed by atoms with Crippen LogP contribution in [0.4, 0.5) is 5.69 Å². The van der Waals surface area contributed by atoms with Crippen molar-refractivity contribution >= 4 is 17.6 Å². The molecule has 4 rings (SSSR count). The standard InChI is InChI=1S/C22H20N2O6/c1-29-14-6-4-13(5-7-14)24-11-16(22(27)28)20-21(24)15(10-19(26)23-20)12-3-8-17(25)18(9-12)30-2/h3-9,11,15,25H,10H2,1-2H3,(H,23,26)(H,27,28)/t15-/m0/s1. The first-order valence-corrected chi connectivity index (χ1v) is 9.22. The number of carbonyl (C=O) groups excluding carboxylic acids is 1. The van der Waals surface area contributed by atoms with Gasteiger partial charge in [-0.1, -0.05) is 6.07 Å². The topological polar surface area (TPSA) is 110 Å². The summed E-state index contributed by atoms with van der Waals surface area (Å²) in [7, 11) is 3.01. The van der Waals surface area contributed by atoms with Crippen LogP contribution in [0.25, 0.3) is 5.69 Å². The molecule has 1 aliphatic rings. The van der Waals surface area contributed by atoms with E-state index in [1.807, 2.05) is 12.1 Å². The van der Waals surface area contributed by atoms with E-state index in [2.05, 4.69) is 5.32 Å². The van der Waals surface area contributed by atoms with Gasteiger partial charge in [-0.2, -0.15) is 0 Å². The Kier molecular flexibility index (Phi) is 4.83. The fourth-order valence-electron chi connectivity index (χ4n) is 3.77. The summed E-state index contributed by atoms with van der Waals surface area (Å²) in [5.41, 5.74) is 2.37. The van der Waals surface area contributed by atoms with Crippen molar-refractivity contribution < 1.29 is 29.3 Å². The molecule has 0 saturated carbocycles. The van der Waals surface area contributed by atoms with Gasteiger partial charge < -0.3 is 29.6 Å². The maximum atomic E-state index is 12.4. The fourth-order valence-corrected chi connectivity index (χ4v) is 3.77. The van der Waals surface area contributed by atoms with Crippen LogP contribution in [0.2, 0.25) is 0 Å². The average molecular weight is 408 g/mol. The lowest BCUT2D eigenvalue weighted by atomic mass is 9.88. The van der Waals surface area contributed by atoms with E-state index in [-0.39, 0.29) is 35.1 Å². The van der Waals surface area contributed by atoms with Crippen LogP contribution in [0.5, 0.6) is 17.2 Å². The zero-order valence-electron chi connectivity index (χ0n) is 16.4. The molecule has 0 bridgehead atoms. The summed E-state index contributed by atoms with van der Waals surface area (Å²) >= 11 is 0. The number of amides is 1. The Labute approximate surface area is 172 Å². The first kappa shape index (κ1) is 19.4. The minimum Gasteiger partial charge on any atom is -0.504 e. The van der Waals surface area contributed by atoms with E-state index in [1.165, 1.54) is 19.4 Å². The summed E-state index contributed by atoms with van der Waals surface area (Å²) in [6.07, 6.45) is 1.63. The van der Waals surface area contributed by atoms with Crippen molar-refractivity contribution in [2.24, 2.45) is 0 Å². The molecule has 1 amide bonds. The van der Waals surface area contributed by atoms with E-state index < -0.39 is 11.9 Å². The van der Waals surface area contributed by atoms with Gasteiger partial charge in [-0.3, -0.25) is 4.79 Å². The Balaban J connectivity index is 1.93. The molecular formula is C22H20N2O6. The Morgan fingerprint density at radius 2 is 1.87 bits per heavy atom. The lowest BCUT2D eigenvalue weighted by Crippen LogP contribution is -2.25. The SMILES string of the molecule is COc1ccc(-n2cc(C(=O)O)c3c2[C@H](c2ccc(O)c(OC)c2)CC(=O)N3)cc1. The van der Waals surface area contributed by atoms with Crippen molar-refractivity contribution in [2.45, 2.75) is 12.3 Å². The molecule has 0 spiro atoms. The molecule has 0 saturated heterocycles. The number of aromatic nitrogens is 1. The number of ether oxygens (including phenoxy) is 2. The third-order valence-corrected chi connectivity index (χ3v) is 5.21. The fraction of sp³-hybridized carbons (Fsp3) is 0.182. The van der Waals surface area contributed by atoms with Gasteiger partial charge in [0, 0.05) is 24.2 Å². The first-order chi connectivity index (χ1) is 14.4. The Hall–Kier alpha value is -3.94. The largest absolute Gasteiger partial charge is 0.504 e. The molecule has 2 heterocycles. The lowest BCUT2D eigenvalue weighted by Gasteiger charge is -2.26. The summed E-state index contributed by atoms with van der Waals surface area (Å²) in [5.74, 6) is -0.915. The van der Waals surface area contributed by atoms with Gasteiger partial charge in [0.25, 0.3) is 0 Å². The third-order valence-electron chi connectivity index (χ3n) is 5.21. The van der Waals surface area contributed by atoms with Crippen LogP contribution in [0.15, 0.2) is 48.7 Å². The van der Waals surface area contributed by atoms with Crippen molar-refractivity contribution in [1.82, 2.24) is 4.57 Å². The maximum absolute atomic E-state index is 12.4. The van der Waals surface area contributed by atoms with Crippen LogP contribution >= 0.6 is 0 Å². The average Bonchev–Trinajstić information content (AvgIpc) is 3.13. The Morgan fingerprint density at radius 1 is 1.13 bits per heavy atom. The van der Waals surface area contributed by atoms with Gasteiger partial charge in [0.05, 0.1) is 25.6 Å². The van der Waals surface area contributed by atoms with Crippen LogP contribution in [-0.2, 0) is 4.79 Å². The Bertz CT molecular complexity index is 1130. The normalized spacial score (nSPS) is 15.3. The molecular weight excluding hydrogens is 388 g/mol. The number of phenolic OH excluding ortho intramolecular Hbond substituents is 1. The molecule has 0 radical (unpaired) electrons. The van der Waals surface area contributed by atoms with E-state index in [4.69, 9.17) is 9.47 Å². The minimum absolute atomic E-state index is 0.00427. The van der Waals surface area contributed by atoms with Crippen LogP contribution in [-0.4, -0.2) is 40.9 Å². The van der Waals surface area contributed by atoms with Gasteiger partial charge in [0.15, 0.2) is 11.5 Å². The molecule has 3 N–H and O–H groups in total. The van der Waals surface area contributed by atoms with Gasteiger partial charge in [-0.05, 0) is 42.0 Å².